The Balaban J connectivity index is 1.62. The number of benzene rings is 1. The van der Waals surface area contributed by atoms with Crippen LogP contribution in [0, 0.1) is 17.8 Å². The van der Waals surface area contributed by atoms with Crippen molar-refractivity contribution in [3.8, 4) is 11.8 Å². The van der Waals surface area contributed by atoms with Crippen molar-refractivity contribution >= 4 is 17.8 Å². The monoisotopic (exact) mass is 433 g/mol. The van der Waals surface area contributed by atoms with Gasteiger partial charge < -0.3 is 15.0 Å². The van der Waals surface area contributed by atoms with E-state index >= 15 is 0 Å². The van der Waals surface area contributed by atoms with Crippen LogP contribution in [-0.2, 0) is 14.3 Å². The molecule has 3 aliphatic rings. The van der Waals surface area contributed by atoms with E-state index in [1.807, 2.05) is 24.3 Å². The molecule has 1 fully saturated rings. The molecule has 1 aromatic carbocycles. The van der Waals surface area contributed by atoms with Crippen molar-refractivity contribution in [2.45, 2.75) is 38.6 Å². The molecule has 2 atom stereocenters. The van der Waals surface area contributed by atoms with Gasteiger partial charge in [0.05, 0.1) is 19.4 Å². The van der Waals surface area contributed by atoms with Gasteiger partial charge in [0, 0.05) is 23.6 Å². The molecule has 2 N–H and O–H groups in total. The third-order valence-electron chi connectivity index (χ3n) is 6.18. The van der Waals surface area contributed by atoms with Crippen molar-refractivity contribution in [1.29, 1.82) is 0 Å². The number of hydrogen-bond acceptors (Lipinski definition) is 4. The number of ether oxygens (including phenoxy) is 1. The van der Waals surface area contributed by atoms with E-state index in [4.69, 9.17) is 4.74 Å². The number of methoxy groups -OCH3 is 1. The van der Waals surface area contributed by atoms with E-state index in [2.05, 4.69) is 43.2 Å². The Kier molecular flexibility index (Phi) is 5.55. The summed E-state index contributed by atoms with van der Waals surface area (Å²) in [5, 5.41) is 4.93. The van der Waals surface area contributed by atoms with Crippen LogP contribution in [0.1, 0.15) is 44.2 Å². The Morgan fingerprint density at radius 2 is 2.06 bits per heavy atom. The van der Waals surface area contributed by atoms with Gasteiger partial charge in [0.15, 0.2) is 0 Å². The number of carbonyl (C=O) groups excluding carboxylic acids is 3. The fourth-order valence-electron chi connectivity index (χ4n) is 4.36. The Morgan fingerprint density at radius 1 is 1.28 bits per heavy atom. The molecule has 7 heteroatoms. The van der Waals surface area contributed by atoms with Crippen LogP contribution in [0.5, 0.6) is 0 Å². The molecule has 2 heterocycles. The minimum atomic E-state index is -1.51. The van der Waals surface area contributed by atoms with Crippen molar-refractivity contribution < 1.29 is 19.1 Å². The molecule has 0 saturated carbocycles. The summed E-state index contributed by atoms with van der Waals surface area (Å²) in [6.07, 6.45) is 2.51. The lowest BCUT2D eigenvalue weighted by Crippen LogP contribution is -2.55. The second-order valence-electron chi connectivity index (χ2n) is 8.88. The van der Waals surface area contributed by atoms with E-state index < -0.39 is 17.5 Å². The van der Waals surface area contributed by atoms with Gasteiger partial charge >= 0.3 is 6.03 Å². The van der Waals surface area contributed by atoms with E-state index in [0.29, 0.717) is 18.0 Å². The van der Waals surface area contributed by atoms with Crippen LogP contribution in [0.4, 0.5) is 4.79 Å². The van der Waals surface area contributed by atoms with Gasteiger partial charge in [-0.15, -0.1) is 0 Å². The predicted molar refractivity (Wildman–Crippen MR) is 119 cm³/mol. The minimum Gasteiger partial charge on any atom is -0.501 e. The topological polar surface area (TPSA) is 87.7 Å². The maximum absolute atomic E-state index is 13.1. The number of allylic oxidation sites excluding steroid dienone is 1. The van der Waals surface area contributed by atoms with Gasteiger partial charge in [-0.05, 0) is 41.7 Å². The van der Waals surface area contributed by atoms with Gasteiger partial charge in [-0.3, -0.25) is 14.9 Å². The van der Waals surface area contributed by atoms with Crippen molar-refractivity contribution in [2.24, 2.45) is 5.92 Å². The number of imide groups is 1. The first-order chi connectivity index (χ1) is 15.2. The third-order valence-corrected chi connectivity index (χ3v) is 6.18. The number of nitrogens with one attached hydrogen (secondary N) is 2. The molecule has 166 valence electrons. The highest BCUT2D eigenvalue weighted by atomic mass is 16.5. The second-order valence-corrected chi connectivity index (χ2v) is 8.88. The molecule has 4 rings (SSSR count). The first-order valence-electron chi connectivity index (χ1n) is 10.8. The summed E-state index contributed by atoms with van der Waals surface area (Å²) in [6, 6.07) is 7.17. The average molecular weight is 434 g/mol. The lowest BCUT2D eigenvalue weighted by atomic mass is 9.91. The van der Waals surface area contributed by atoms with Crippen LogP contribution in [0.2, 0.25) is 0 Å². The average Bonchev–Trinajstić information content (AvgIpc) is 3.20. The molecule has 32 heavy (non-hydrogen) atoms. The van der Waals surface area contributed by atoms with Crippen molar-refractivity contribution in [3.63, 3.8) is 0 Å². The molecule has 0 bridgehead atoms. The molecule has 0 aromatic heterocycles. The Bertz CT molecular complexity index is 1120. The third kappa shape index (κ3) is 3.89. The Hall–Kier alpha value is -3.53. The van der Waals surface area contributed by atoms with Crippen LogP contribution in [0.25, 0.3) is 0 Å². The zero-order valence-electron chi connectivity index (χ0n) is 18.7. The predicted octanol–water partition coefficient (Wildman–Crippen LogP) is 2.45. The molecule has 1 aromatic rings. The SMILES string of the molecule is COC1=CC2=C(CC1C)CN(C[C@@]1(C#Cc3cccc(C(C)C)c3)NC(=O)NC1=O)C2=O. The Morgan fingerprint density at radius 3 is 2.72 bits per heavy atom. The number of amides is 4. The highest BCUT2D eigenvalue weighted by Gasteiger charge is 2.48. The molecular formula is C25H27N3O4. The zero-order valence-corrected chi connectivity index (χ0v) is 18.7. The number of carbonyl (C=O) groups is 3. The molecule has 1 saturated heterocycles. The van der Waals surface area contributed by atoms with Gasteiger partial charge in [0.25, 0.3) is 11.8 Å². The summed E-state index contributed by atoms with van der Waals surface area (Å²) in [7, 11) is 1.60. The van der Waals surface area contributed by atoms with E-state index in [1.54, 1.807) is 18.1 Å². The lowest BCUT2D eigenvalue weighted by Gasteiger charge is -2.26. The number of hydrogen-bond donors (Lipinski definition) is 2. The maximum Gasteiger partial charge on any atom is 0.323 e. The van der Waals surface area contributed by atoms with Crippen LogP contribution in [-0.4, -0.2) is 48.5 Å². The molecule has 2 aliphatic heterocycles. The van der Waals surface area contributed by atoms with Gasteiger partial charge in [-0.2, -0.15) is 0 Å². The quantitative estimate of drug-likeness (QED) is 0.564. The molecule has 1 aliphatic carbocycles. The summed E-state index contributed by atoms with van der Waals surface area (Å²) < 4.78 is 5.41. The van der Waals surface area contributed by atoms with Crippen molar-refractivity contribution in [3.05, 3.63) is 58.4 Å². The van der Waals surface area contributed by atoms with Crippen molar-refractivity contribution in [2.75, 3.05) is 20.2 Å². The fourth-order valence-corrected chi connectivity index (χ4v) is 4.36. The fraction of sp³-hybridized carbons (Fsp3) is 0.400. The molecule has 1 unspecified atom stereocenters. The molecule has 4 amide bonds. The normalized spacial score (nSPS) is 24.7. The molecule has 7 nitrogen and oxygen atoms in total. The van der Waals surface area contributed by atoms with Gasteiger partial charge in [0.2, 0.25) is 5.54 Å². The summed E-state index contributed by atoms with van der Waals surface area (Å²) >= 11 is 0. The highest BCUT2D eigenvalue weighted by Crippen LogP contribution is 2.35. The smallest absolute Gasteiger partial charge is 0.323 e. The van der Waals surface area contributed by atoms with Gasteiger partial charge in [-0.1, -0.05) is 44.7 Å². The number of nitrogens with zero attached hydrogens (tertiary/aromatic N) is 1. The molecule has 0 radical (unpaired) electrons. The van der Waals surface area contributed by atoms with E-state index in [0.717, 1.165) is 28.9 Å². The Labute approximate surface area is 187 Å². The number of urea groups is 1. The van der Waals surface area contributed by atoms with E-state index in [-0.39, 0.29) is 18.4 Å². The van der Waals surface area contributed by atoms with Crippen LogP contribution in [0.15, 0.2) is 47.2 Å². The molecular weight excluding hydrogens is 406 g/mol. The lowest BCUT2D eigenvalue weighted by molar-refractivity contribution is -0.127. The first-order valence-corrected chi connectivity index (χ1v) is 10.8. The summed E-state index contributed by atoms with van der Waals surface area (Å²) in [5.41, 5.74) is 2.00. The van der Waals surface area contributed by atoms with Gasteiger partial charge in [0.1, 0.15) is 0 Å². The zero-order chi connectivity index (χ0) is 23.0. The van der Waals surface area contributed by atoms with Crippen LogP contribution in [0.3, 0.4) is 0 Å². The highest BCUT2D eigenvalue weighted by molar-refractivity contribution is 6.10. The first kappa shape index (κ1) is 21.7. The summed E-state index contributed by atoms with van der Waals surface area (Å²) in [5.74, 6) is 6.57. The summed E-state index contributed by atoms with van der Waals surface area (Å²) in [6.45, 7) is 6.61. The van der Waals surface area contributed by atoms with Crippen LogP contribution < -0.4 is 10.6 Å². The maximum atomic E-state index is 13.1. The van der Waals surface area contributed by atoms with Crippen LogP contribution >= 0.6 is 0 Å². The van der Waals surface area contributed by atoms with E-state index in [9.17, 15) is 14.4 Å². The number of rotatable bonds is 4. The second kappa shape index (κ2) is 8.19. The van der Waals surface area contributed by atoms with Gasteiger partial charge in [-0.25, -0.2) is 4.79 Å². The standard InChI is InChI=1S/C25H27N3O4/c1-15(2)18-7-5-6-17(11-18)8-9-25(23(30)26-24(31)27-25)14-28-13-19-10-16(3)21(32-4)12-20(19)22(28)29/h5-7,11-12,15-16H,10,13-14H2,1-4H3,(H2,26,27,30,31)/t16?,25-/m1/s1. The van der Waals surface area contributed by atoms with Crippen molar-refractivity contribution in [1.82, 2.24) is 15.5 Å². The summed E-state index contributed by atoms with van der Waals surface area (Å²) in [4.78, 5) is 39.5. The minimum absolute atomic E-state index is 0.0299. The molecule has 0 spiro atoms. The van der Waals surface area contributed by atoms with E-state index in [1.165, 1.54) is 0 Å². The largest absolute Gasteiger partial charge is 0.501 e.